The minimum absolute atomic E-state index is 0.0182. The molecule has 0 aliphatic carbocycles. The predicted molar refractivity (Wildman–Crippen MR) is 81.6 cm³/mol. The van der Waals surface area contributed by atoms with Gasteiger partial charge in [-0.3, -0.25) is 9.48 Å². The molecule has 1 N–H and O–H groups in total. The monoisotopic (exact) mass is 323 g/mol. The first-order valence-corrected chi connectivity index (χ1v) is 7.30. The summed E-state index contributed by atoms with van der Waals surface area (Å²) in [4.78, 5) is 12.2. The third kappa shape index (κ3) is 4.06. The summed E-state index contributed by atoms with van der Waals surface area (Å²) in [5.41, 5.74) is 2.32. The summed E-state index contributed by atoms with van der Waals surface area (Å²) in [7, 11) is 0. The Bertz CT molecular complexity index is 668. The number of nitrogens with zero attached hydrogens (tertiary/aromatic N) is 2. The molecule has 0 aliphatic heterocycles. The van der Waals surface area contributed by atoms with Crippen LogP contribution >= 0.6 is 0 Å². The Morgan fingerprint density at radius 1 is 1.35 bits per heavy atom. The van der Waals surface area contributed by atoms with Gasteiger partial charge in [-0.1, -0.05) is 0 Å². The number of aryl methyl sites for hydroxylation is 1. The number of alkyl halides is 2. The molecule has 0 radical (unpaired) electrons. The van der Waals surface area contributed by atoms with Gasteiger partial charge in [-0.15, -0.1) is 0 Å². The van der Waals surface area contributed by atoms with Gasteiger partial charge in [-0.2, -0.15) is 13.9 Å². The van der Waals surface area contributed by atoms with Gasteiger partial charge in [0, 0.05) is 23.4 Å². The van der Waals surface area contributed by atoms with E-state index < -0.39 is 6.61 Å². The van der Waals surface area contributed by atoms with Crippen molar-refractivity contribution in [2.45, 2.75) is 40.0 Å². The third-order valence-corrected chi connectivity index (χ3v) is 3.60. The lowest BCUT2D eigenvalue weighted by molar-refractivity contribution is -0.0498. The van der Waals surface area contributed by atoms with Gasteiger partial charge in [-0.05, 0) is 45.0 Å². The molecule has 23 heavy (non-hydrogen) atoms. The molecule has 0 aliphatic rings. The summed E-state index contributed by atoms with van der Waals surface area (Å²) < 4.78 is 30.3. The quantitative estimate of drug-likeness (QED) is 0.887. The molecule has 0 saturated heterocycles. The molecule has 0 fully saturated rings. The van der Waals surface area contributed by atoms with Crippen LogP contribution in [0, 0.1) is 6.92 Å². The highest BCUT2D eigenvalue weighted by atomic mass is 19.3. The van der Waals surface area contributed by atoms with Crippen LogP contribution in [0.1, 0.15) is 41.5 Å². The van der Waals surface area contributed by atoms with Gasteiger partial charge in [0.25, 0.3) is 5.91 Å². The SMILES string of the molecule is CCn1ncc(C(C)NC(=O)c2ccc(OC(F)F)cc2)c1C. The van der Waals surface area contributed by atoms with Crippen LogP contribution in [0.25, 0.3) is 0 Å². The van der Waals surface area contributed by atoms with E-state index in [1.54, 1.807) is 6.20 Å². The number of aromatic nitrogens is 2. The van der Waals surface area contributed by atoms with E-state index in [2.05, 4.69) is 15.2 Å². The number of ether oxygens (including phenoxy) is 1. The highest BCUT2D eigenvalue weighted by Gasteiger charge is 2.16. The van der Waals surface area contributed by atoms with E-state index in [9.17, 15) is 13.6 Å². The molecular formula is C16H19F2N3O2. The van der Waals surface area contributed by atoms with Crippen molar-refractivity contribution in [2.24, 2.45) is 0 Å². The van der Waals surface area contributed by atoms with Crippen molar-refractivity contribution >= 4 is 5.91 Å². The largest absolute Gasteiger partial charge is 0.435 e. The summed E-state index contributed by atoms with van der Waals surface area (Å²) in [6, 6.07) is 5.36. The summed E-state index contributed by atoms with van der Waals surface area (Å²) in [5.74, 6) is -0.269. The Kier molecular flexibility index (Phi) is 5.31. The number of hydrogen-bond donors (Lipinski definition) is 1. The minimum atomic E-state index is -2.88. The Morgan fingerprint density at radius 2 is 2.00 bits per heavy atom. The van der Waals surface area contributed by atoms with Crippen molar-refractivity contribution in [2.75, 3.05) is 0 Å². The molecule has 5 nitrogen and oxygen atoms in total. The summed E-state index contributed by atoms with van der Waals surface area (Å²) in [6.07, 6.45) is 1.74. The van der Waals surface area contributed by atoms with Gasteiger partial charge in [0.1, 0.15) is 5.75 Å². The second kappa shape index (κ2) is 7.21. The fourth-order valence-corrected chi connectivity index (χ4v) is 2.35. The van der Waals surface area contributed by atoms with Crippen molar-refractivity contribution in [1.29, 1.82) is 0 Å². The lowest BCUT2D eigenvalue weighted by Crippen LogP contribution is -2.26. The Balaban J connectivity index is 2.04. The zero-order valence-corrected chi connectivity index (χ0v) is 13.2. The first-order valence-electron chi connectivity index (χ1n) is 7.30. The van der Waals surface area contributed by atoms with E-state index in [1.165, 1.54) is 24.3 Å². The fourth-order valence-electron chi connectivity index (χ4n) is 2.35. The van der Waals surface area contributed by atoms with Crippen LogP contribution in [0.3, 0.4) is 0 Å². The maximum atomic E-state index is 12.2. The number of carbonyl (C=O) groups is 1. The molecule has 1 aromatic heterocycles. The van der Waals surface area contributed by atoms with Gasteiger partial charge in [0.2, 0.25) is 0 Å². The number of amides is 1. The Hall–Kier alpha value is -2.44. The molecule has 0 spiro atoms. The first-order chi connectivity index (χ1) is 10.9. The number of benzene rings is 1. The zero-order valence-electron chi connectivity index (χ0n) is 13.2. The summed E-state index contributed by atoms with van der Waals surface area (Å²) in [6.45, 7) is 3.70. The minimum Gasteiger partial charge on any atom is -0.435 e. The van der Waals surface area contributed by atoms with Gasteiger partial charge in [0.05, 0.1) is 12.2 Å². The molecule has 1 aromatic carbocycles. The van der Waals surface area contributed by atoms with Gasteiger partial charge in [-0.25, -0.2) is 0 Å². The van der Waals surface area contributed by atoms with Crippen molar-refractivity contribution < 1.29 is 18.3 Å². The molecule has 1 heterocycles. The number of rotatable bonds is 6. The van der Waals surface area contributed by atoms with E-state index in [0.717, 1.165) is 17.8 Å². The van der Waals surface area contributed by atoms with E-state index >= 15 is 0 Å². The lowest BCUT2D eigenvalue weighted by Gasteiger charge is -2.14. The molecule has 1 atom stereocenters. The van der Waals surface area contributed by atoms with Crippen molar-refractivity contribution in [3.8, 4) is 5.75 Å². The lowest BCUT2D eigenvalue weighted by atomic mass is 10.1. The fraction of sp³-hybridized carbons (Fsp3) is 0.375. The molecule has 1 amide bonds. The first kappa shape index (κ1) is 16.9. The van der Waals surface area contributed by atoms with Gasteiger partial charge >= 0.3 is 6.61 Å². The van der Waals surface area contributed by atoms with E-state index in [-0.39, 0.29) is 17.7 Å². The number of halogens is 2. The molecule has 124 valence electrons. The Labute approximate surface area is 133 Å². The summed E-state index contributed by atoms with van der Waals surface area (Å²) in [5, 5.41) is 7.12. The standard InChI is InChI=1S/C16H19F2N3O2/c1-4-21-11(3)14(9-19-21)10(2)20-15(22)12-5-7-13(8-6-12)23-16(17)18/h5-10,16H,4H2,1-3H3,(H,20,22). The third-order valence-electron chi connectivity index (χ3n) is 3.60. The highest BCUT2D eigenvalue weighted by Crippen LogP contribution is 2.19. The number of carbonyl (C=O) groups excluding carboxylic acids is 1. The smallest absolute Gasteiger partial charge is 0.387 e. The normalized spacial score (nSPS) is 12.3. The average Bonchev–Trinajstić information content (AvgIpc) is 2.88. The molecule has 7 heteroatoms. The van der Waals surface area contributed by atoms with Crippen LogP contribution in [0.4, 0.5) is 8.78 Å². The van der Waals surface area contributed by atoms with Crippen LogP contribution in [-0.4, -0.2) is 22.3 Å². The molecular weight excluding hydrogens is 304 g/mol. The maximum absolute atomic E-state index is 12.2. The summed E-state index contributed by atoms with van der Waals surface area (Å²) >= 11 is 0. The molecule has 1 unspecified atom stereocenters. The van der Waals surface area contributed by atoms with Gasteiger partial charge < -0.3 is 10.1 Å². The second-order valence-electron chi connectivity index (χ2n) is 5.10. The van der Waals surface area contributed by atoms with E-state index in [1.807, 2.05) is 25.5 Å². The van der Waals surface area contributed by atoms with Crippen molar-refractivity contribution in [3.63, 3.8) is 0 Å². The van der Waals surface area contributed by atoms with Gasteiger partial charge in [0.15, 0.2) is 0 Å². The van der Waals surface area contributed by atoms with Crippen LogP contribution in [0.5, 0.6) is 5.75 Å². The van der Waals surface area contributed by atoms with Crippen molar-refractivity contribution in [1.82, 2.24) is 15.1 Å². The number of nitrogens with one attached hydrogen (secondary N) is 1. The Morgan fingerprint density at radius 3 is 2.52 bits per heavy atom. The van der Waals surface area contributed by atoms with E-state index in [4.69, 9.17) is 0 Å². The molecule has 2 aromatic rings. The van der Waals surface area contributed by atoms with Crippen LogP contribution < -0.4 is 10.1 Å². The highest BCUT2D eigenvalue weighted by molar-refractivity contribution is 5.94. The second-order valence-corrected chi connectivity index (χ2v) is 5.10. The maximum Gasteiger partial charge on any atom is 0.387 e. The average molecular weight is 323 g/mol. The van der Waals surface area contributed by atoms with Crippen LogP contribution in [0.2, 0.25) is 0 Å². The van der Waals surface area contributed by atoms with Crippen LogP contribution in [0.15, 0.2) is 30.5 Å². The number of hydrogen-bond acceptors (Lipinski definition) is 3. The van der Waals surface area contributed by atoms with Crippen LogP contribution in [-0.2, 0) is 6.54 Å². The zero-order chi connectivity index (χ0) is 17.0. The molecule has 0 bridgehead atoms. The van der Waals surface area contributed by atoms with Crippen molar-refractivity contribution in [3.05, 3.63) is 47.3 Å². The predicted octanol–water partition coefficient (Wildman–Crippen LogP) is 3.30. The molecule has 2 rings (SSSR count). The topological polar surface area (TPSA) is 56.2 Å². The molecule has 0 saturated carbocycles. The van der Waals surface area contributed by atoms with E-state index in [0.29, 0.717) is 5.56 Å².